The van der Waals surface area contributed by atoms with Crippen LogP contribution < -0.4 is 0 Å². The fourth-order valence-electron chi connectivity index (χ4n) is 3.54. The Bertz CT molecular complexity index is 730. The van der Waals surface area contributed by atoms with E-state index in [1.807, 2.05) is 0 Å². The minimum absolute atomic E-state index is 0.430. The van der Waals surface area contributed by atoms with Crippen molar-refractivity contribution in [1.29, 1.82) is 0 Å². The standard InChI is InChI=1S/C22H24/c1-14-7-6-8-15(2)22(14)20-10-9-19(12-20)13-21-11-16(3)17(4)18(21)5/h6-10,13,17H,3,5,11-12H2,1-2,4H3/b21-13+. The summed E-state index contributed by atoms with van der Waals surface area (Å²) in [6, 6.07) is 6.53. The lowest BCUT2D eigenvalue weighted by molar-refractivity contribution is 0.868. The highest BCUT2D eigenvalue weighted by molar-refractivity contribution is 5.77. The van der Waals surface area contributed by atoms with E-state index in [1.54, 1.807) is 0 Å². The molecule has 112 valence electrons. The normalized spacial score (nSPS) is 23.2. The Hall–Kier alpha value is -2.08. The molecule has 0 aliphatic heterocycles. The third-order valence-corrected chi connectivity index (χ3v) is 5.02. The number of benzene rings is 1. The average molecular weight is 288 g/mol. The Morgan fingerprint density at radius 2 is 1.73 bits per heavy atom. The molecule has 1 atom stereocenters. The highest BCUT2D eigenvalue weighted by Crippen LogP contribution is 2.40. The van der Waals surface area contributed by atoms with Gasteiger partial charge in [-0.15, -0.1) is 0 Å². The van der Waals surface area contributed by atoms with Gasteiger partial charge in [0.05, 0.1) is 0 Å². The highest BCUT2D eigenvalue weighted by atomic mass is 14.3. The van der Waals surface area contributed by atoms with Gasteiger partial charge in [0.2, 0.25) is 0 Å². The predicted molar refractivity (Wildman–Crippen MR) is 96.7 cm³/mol. The summed E-state index contributed by atoms with van der Waals surface area (Å²) in [6.45, 7) is 15.0. The van der Waals surface area contributed by atoms with Gasteiger partial charge in [-0.2, -0.15) is 0 Å². The number of allylic oxidation sites excluding steroid dienone is 8. The van der Waals surface area contributed by atoms with Crippen LogP contribution in [0.2, 0.25) is 0 Å². The van der Waals surface area contributed by atoms with Gasteiger partial charge < -0.3 is 0 Å². The van der Waals surface area contributed by atoms with Crippen molar-refractivity contribution in [2.75, 3.05) is 0 Å². The summed E-state index contributed by atoms with van der Waals surface area (Å²) in [5.74, 6) is 0.430. The van der Waals surface area contributed by atoms with E-state index in [9.17, 15) is 0 Å². The first-order valence-electron chi connectivity index (χ1n) is 8.01. The van der Waals surface area contributed by atoms with Crippen molar-refractivity contribution in [2.24, 2.45) is 5.92 Å². The third kappa shape index (κ3) is 2.54. The summed E-state index contributed by atoms with van der Waals surface area (Å²) < 4.78 is 0. The topological polar surface area (TPSA) is 0 Å². The molecule has 22 heavy (non-hydrogen) atoms. The molecule has 1 aromatic carbocycles. The summed E-state index contributed by atoms with van der Waals surface area (Å²) in [5, 5.41) is 0. The van der Waals surface area contributed by atoms with Crippen LogP contribution in [0.4, 0.5) is 0 Å². The molecular formula is C22H24. The largest absolute Gasteiger partial charge is 0.0989 e. The Morgan fingerprint density at radius 1 is 1.05 bits per heavy atom. The smallest absolute Gasteiger partial charge is 0.00174 e. The summed E-state index contributed by atoms with van der Waals surface area (Å²) >= 11 is 0. The molecule has 0 heterocycles. The summed E-state index contributed by atoms with van der Waals surface area (Å²) in [7, 11) is 0. The summed E-state index contributed by atoms with van der Waals surface area (Å²) in [4.78, 5) is 0. The van der Waals surface area contributed by atoms with Gasteiger partial charge in [-0.1, -0.05) is 62.1 Å². The van der Waals surface area contributed by atoms with E-state index >= 15 is 0 Å². The molecule has 1 unspecified atom stereocenters. The average Bonchev–Trinajstić information content (AvgIpc) is 3.01. The summed E-state index contributed by atoms with van der Waals surface area (Å²) in [5.41, 5.74) is 10.8. The molecular weight excluding hydrogens is 264 g/mol. The van der Waals surface area contributed by atoms with Gasteiger partial charge in [-0.25, -0.2) is 0 Å². The van der Waals surface area contributed by atoms with Gasteiger partial charge in [0, 0.05) is 5.92 Å². The molecule has 3 rings (SSSR count). The van der Waals surface area contributed by atoms with Gasteiger partial charge in [-0.3, -0.25) is 0 Å². The van der Waals surface area contributed by atoms with Crippen molar-refractivity contribution < 1.29 is 0 Å². The second kappa shape index (κ2) is 5.61. The van der Waals surface area contributed by atoms with Crippen LogP contribution in [0.5, 0.6) is 0 Å². The van der Waals surface area contributed by atoms with Crippen molar-refractivity contribution in [2.45, 2.75) is 33.6 Å². The first kappa shape index (κ1) is 14.8. The molecule has 1 aromatic rings. The highest BCUT2D eigenvalue weighted by Gasteiger charge is 2.24. The Morgan fingerprint density at radius 3 is 2.32 bits per heavy atom. The molecule has 0 bridgehead atoms. The zero-order chi connectivity index (χ0) is 15.9. The summed E-state index contributed by atoms with van der Waals surface area (Å²) in [6.07, 6.45) is 8.86. The lowest BCUT2D eigenvalue weighted by Gasteiger charge is -2.11. The van der Waals surface area contributed by atoms with Gasteiger partial charge in [0.15, 0.2) is 0 Å². The van der Waals surface area contributed by atoms with Crippen LogP contribution in [-0.4, -0.2) is 0 Å². The second-order valence-electron chi connectivity index (χ2n) is 6.63. The molecule has 0 radical (unpaired) electrons. The fourth-order valence-corrected chi connectivity index (χ4v) is 3.54. The van der Waals surface area contributed by atoms with Crippen LogP contribution in [0.3, 0.4) is 0 Å². The predicted octanol–water partition coefficient (Wildman–Crippen LogP) is 6.10. The zero-order valence-electron chi connectivity index (χ0n) is 13.9. The Balaban J connectivity index is 1.81. The van der Waals surface area contributed by atoms with Gasteiger partial charge in [0.25, 0.3) is 0 Å². The Labute approximate surface area is 134 Å². The first-order valence-corrected chi connectivity index (χ1v) is 8.01. The maximum absolute atomic E-state index is 4.24. The van der Waals surface area contributed by atoms with Crippen LogP contribution in [-0.2, 0) is 0 Å². The van der Waals surface area contributed by atoms with Crippen LogP contribution in [0.25, 0.3) is 5.57 Å². The van der Waals surface area contributed by atoms with Crippen molar-refractivity contribution >= 4 is 5.57 Å². The minimum Gasteiger partial charge on any atom is -0.0989 e. The van der Waals surface area contributed by atoms with Crippen LogP contribution >= 0.6 is 0 Å². The van der Waals surface area contributed by atoms with Crippen LogP contribution in [0.15, 0.2) is 71.9 Å². The lowest BCUT2D eigenvalue weighted by Crippen LogP contribution is -1.92. The van der Waals surface area contributed by atoms with Gasteiger partial charge in [-0.05, 0) is 65.7 Å². The van der Waals surface area contributed by atoms with Crippen molar-refractivity contribution in [1.82, 2.24) is 0 Å². The SMILES string of the molecule is C=C1C/C(=C\C2=CC=C(c3c(C)cccc3C)C2)C(=C)C1C. The first-order chi connectivity index (χ1) is 10.5. The third-order valence-electron chi connectivity index (χ3n) is 5.02. The van der Waals surface area contributed by atoms with Crippen LogP contribution in [0, 0.1) is 19.8 Å². The van der Waals surface area contributed by atoms with E-state index in [0.717, 1.165) is 12.8 Å². The molecule has 1 fully saturated rings. The molecule has 2 aliphatic rings. The maximum atomic E-state index is 4.24. The van der Waals surface area contributed by atoms with E-state index in [-0.39, 0.29) is 0 Å². The number of hydrogen-bond donors (Lipinski definition) is 0. The maximum Gasteiger partial charge on any atom is 0.00174 e. The van der Waals surface area contributed by atoms with Crippen molar-refractivity contribution in [3.8, 4) is 0 Å². The molecule has 0 nitrogen and oxygen atoms in total. The van der Waals surface area contributed by atoms with E-state index in [2.05, 4.69) is 70.4 Å². The monoisotopic (exact) mass is 288 g/mol. The molecule has 0 N–H and O–H groups in total. The van der Waals surface area contributed by atoms with Gasteiger partial charge in [0.1, 0.15) is 0 Å². The van der Waals surface area contributed by atoms with Crippen molar-refractivity contribution in [3.63, 3.8) is 0 Å². The Kier molecular flexibility index (Phi) is 3.78. The number of hydrogen-bond acceptors (Lipinski definition) is 0. The van der Waals surface area contributed by atoms with E-state index in [1.165, 1.54) is 44.6 Å². The van der Waals surface area contributed by atoms with Gasteiger partial charge >= 0.3 is 0 Å². The van der Waals surface area contributed by atoms with E-state index < -0.39 is 0 Å². The quantitative estimate of drug-likeness (QED) is 0.577. The molecule has 0 aromatic heterocycles. The van der Waals surface area contributed by atoms with Crippen molar-refractivity contribution in [3.05, 3.63) is 88.6 Å². The zero-order valence-corrected chi connectivity index (χ0v) is 13.9. The molecule has 0 saturated heterocycles. The number of aryl methyl sites for hydroxylation is 2. The van der Waals surface area contributed by atoms with Crippen LogP contribution in [0.1, 0.15) is 36.5 Å². The molecule has 0 heteroatoms. The fraction of sp³-hybridized carbons (Fsp3) is 0.273. The van der Waals surface area contributed by atoms with E-state index in [4.69, 9.17) is 0 Å². The second-order valence-corrected chi connectivity index (χ2v) is 6.63. The lowest BCUT2D eigenvalue weighted by atomic mass is 9.93. The molecule has 2 aliphatic carbocycles. The molecule has 1 saturated carbocycles. The number of rotatable bonds is 2. The molecule has 0 amide bonds. The minimum atomic E-state index is 0.430. The molecule has 0 spiro atoms. The van der Waals surface area contributed by atoms with E-state index in [0.29, 0.717) is 5.92 Å².